The summed E-state index contributed by atoms with van der Waals surface area (Å²) < 4.78 is 0. The quantitative estimate of drug-likeness (QED) is 0.655. The smallest absolute Gasteiger partial charge is 0.216 e. The van der Waals surface area contributed by atoms with Gasteiger partial charge in [0.1, 0.15) is 0 Å². The highest BCUT2D eigenvalue weighted by molar-refractivity contribution is 5.72. The van der Waals surface area contributed by atoms with E-state index in [1.54, 1.807) is 0 Å². The Morgan fingerprint density at radius 3 is 2.26 bits per heavy atom. The Morgan fingerprint density at radius 2 is 1.74 bits per heavy atom. The van der Waals surface area contributed by atoms with Crippen molar-refractivity contribution in [3.8, 4) is 0 Å². The average molecular weight is 264 g/mol. The fraction of sp³-hybridized carbons (Fsp3) is 0.533. The summed E-state index contributed by atoms with van der Waals surface area (Å²) in [5.74, 6) is 0.466. The van der Waals surface area contributed by atoms with E-state index in [0.717, 1.165) is 5.56 Å². The molecule has 0 radical (unpaired) electrons. The molecule has 0 aromatic heterocycles. The predicted molar refractivity (Wildman–Crippen MR) is 77.0 cm³/mol. The van der Waals surface area contributed by atoms with E-state index >= 15 is 0 Å². The first-order chi connectivity index (χ1) is 9.00. The van der Waals surface area contributed by atoms with Gasteiger partial charge in [-0.25, -0.2) is 0 Å². The maximum atomic E-state index is 10.7. The highest BCUT2D eigenvalue weighted by Gasteiger charge is 2.07. The first kappa shape index (κ1) is 15.7. The van der Waals surface area contributed by atoms with E-state index in [9.17, 15) is 9.90 Å². The number of amides is 1. The van der Waals surface area contributed by atoms with Gasteiger partial charge in [-0.3, -0.25) is 4.79 Å². The van der Waals surface area contributed by atoms with Crippen LogP contribution >= 0.6 is 0 Å². The van der Waals surface area contributed by atoms with Crippen LogP contribution < -0.4 is 10.6 Å². The van der Waals surface area contributed by atoms with E-state index in [2.05, 4.69) is 36.6 Å². The van der Waals surface area contributed by atoms with Gasteiger partial charge in [0.05, 0.1) is 6.10 Å². The molecule has 1 aromatic carbocycles. The van der Waals surface area contributed by atoms with E-state index in [4.69, 9.17) is 0 Å². The van der Waals surface area contributed by atoms with Gasteiger partial charge < -0.3 is 15.7 Å². The minimum atomic E-state index is -0.515. The molecular weight excluding hydrogens is 240 g/mol. The number of hydrogen-bond donors (Lipinski definition) is 3. The second-order valence-electron chi connectivity index (χ2n) is 5.02. The minimum absolute atomic E-state index is 0.0355. The summed E-state index contributed by atoms with van der Waals surface area (Å²) in [7, 11) is 0. The Morgan fingerprint density at radius 1 is 1.16 bits per heavy atom. The molecule has 1 aromatic rings. The third-order valence-corrected chi connectivity index (χ3v) is 3.00. The van der Waals surface area contributed by atoms with Crippen molar-refractivity contribution in [2.45, 2.75) is 32.8 Å². The molecule has 4 nitrogen and oxygen atoms in total. The summed E-state index contributed by atoms with van der Waals surface area (Å²) in [6.07, 6.45) is -0.515. The predicted octanol–water partition coefficient (Wildman–Crippen LogP) is 1.57. The lowest BCUT2D eigenvalue weighted by Crippen LogP contribution is -2.32. The molecule has 1 rings (SSSR count). The van der Waals surface area contributed by atoms with Crippen LogP contribution in [-0.4, -0.2) is 30.6 Å². The van der Waals surface area contributed by atoms with Crippen LogP contribution in [0.2, 0.25) is 0 Å². The zero-order chi connectivity index (χ0) is 14.3. The van der Waals surface area contributed by atoms with Crippen molar-refractivity contribution in [2.24, 2.45) is 0 Å². The van der Waals surface area contributed by atoms with Gasteiger partial charge in [-0.1, -0.05) is 38.1 Å². The number of aliphatic hydroxyl groups is 1. The van der Waals surface area contributed by atoms with Gasteiger partial charge in [-0.15, -0.1) is 0 Å². The number of hydrogen-bond acceptors (Lipinski definition) is 3. The van der Waals surface area contributed by atoms with Gasteiger partial charge in [0.25, 0.3) is 0 Å². The van der Waals surface area contributed by atoms with Gasteiger partial charge in [-0.2, -0.15) is 0 Å². The Labute approximate surface area is 115 Å². The zero-order valence-electron chi connectivity index (χ0n) is 11.9. The minimum Gasteiger partial charge on any atom is -0.387 e. The van der Waals surface area contributed by atoms with Gasteiger partial charge in [0.2, 0.25) is 5.91 Å². The molecule has 4 heteroatoms. The lowest BCUT2D eigenvalue weighted by atomic mass is 10.00. The fourth-order valence-electron chi connectivity index (χ4n) is 1.79. The lowest BCUT2D eigenvalue weighted by Gasteiger charge is -2.13. The van der Waals surface area contributed by atoms with E-state index in [0.29, 0.717) is 25.6 Å². The number of rotatable bonds is 7. The largest absolute Gasteiger partial charge is 0.387 e. The molecule has 0 aliphatic rings. The van der Waals surface area contributed by atoms with Crippen LogP contribution in [0, 0.1) is 0 Å². The molecule has 0 aliphatic heterocycles. The van der Waals surface area contributed by atoms with Crippen LogP contribution in [0.1, 0.15) is 43.9 Å². The molecule has 0 aliphatic carbocycles. The molecule has 106 valence electrons. The molecular formula is C15H24N2O2. The zero-order valence-corrected chi connectivity index (χ0v) is 11.9. The Bertz CT molecular complexity index is 388. The van der Waals surface area contributed by atoms with Crippen molar-refractivity contribution in [3.63, 3.8) is 0 Å². The van der Waals surface area contributed by atoms with Crippen LogP contribution in [-0.2, 0) is 4.79 Å². The number of carbonyl (C=O) groups is 1. The van der Waals surface area contributed by atoms with E-state index in [-0.39, 0.29) is 5.91 Å². The fourth-order valence-corrected chi connectivity index (χ4v) is 1.79. The summed E-state index contributed by atoms with van der Waals surface area (Å²) in [6.45, 7) is 7.50. The van der Waals surface area contributed by atoms with Gasteiger partial charge in [0, 0.05) is 26.6 Å². The van der Waals surface area contributed by atoms with Crippen molar-refractivity contribution in [1.29, 1.82) is 0 Å². The molecule has 1 amide bonds. The molecule has 0 spiro atoms. The Balaban J connectivity index is 2.32. The van der Waals surface area contributed by atoms with Crippen LogP contribution in [0.4, 0.5) is 0 Å². The van der Waals surface area contributed by atoms with Crippen molar-refractivity contribution >= 4 is 5.91 Å². The monoisotopic (exact) mass is 264 g/mol. The highest BCUT2D eigenvalue weighted by Crippen LogP contribution is 2.18. The Kier molecular flexibility index (Phi) is 6.53. The van der Waals surface area contributed by atoms with Crippen LogP contribution in [0.5, 0.6) is 0 Å². The van der Waals surface area contributed by atoms with Crippen molar-refractivity contribution in [2.75, 3.05) is 19.6 Å². The molecule has 0 bridgehead atoms. The van der Waals surface area contributed by atoms with E-state index < -0.39 is 6.10 Å². The molecule has 0 saturated heterocycles. The standard InChI is InChI=1S/C15H24N2O2/c1-11(2)13-4-6-14(7-5-13)15(19)10-16-8-9-17-12(3)18/h4-7,11,15-16,19H,8-10H2,1-3H3,(H,17,18). The highest BCUT2D eigenvalue weighted by atomic mass is 16.3. The normalized spacial score (nSPS) is 12.5. The molecule has 19 heavy (non-hydrogen) atoms. The van der Waals surface area contributed by atoms with Crippen LogP contribution in [0.15, 0.2) is 24.3 Å². The third kappa shape index (κ3) is 5.85. The number of aliphatic hydroxyl groups excluding tert-OH is 1. The Hall–Kier alpha value is -1.39. The summed E-state index contributed by atoms with van der Waals surface area (Å²) >= 11 is 0. The summed E-state index contributed by atoms with van der Waals surface area (Å²) in [5, 5.41) is 15.8. The molecule has 0 saturated carbocycles. The number of carbonyl (C=O) groups excluding carboxylic acids is 1. The maximum Gasteiger partial charge on any atom is 0.216 e. The van der Waals surface area contributed by atoms with Gasteiger partial charge in [0.15, 0.2) is 0 Å². The van der Waals surface area contributed by atoms with Crippen molar-refractivity contribution in [3.05, 3.63) is 35.4 Å². The maximum absolute atomic E-state index is 10.7. The molecule has 0 fully saturated rings. The molecule has 3 N–H and O–H groups in total. The first-order valence-corrected chi connectivity index (χ1v) is 6.73. The summed E-state index contributed by atoms with van der Waals surface area (Å²) in [4.78, 5) is 10.7. The molecule has 0 heterocycles. The first-order valence-electron chi connectivity index (χ1n) is 6.73. The number of nitrogens with one attached hydrogen (secondary N) is 2. The third-order valence-electron chi connectivity index (χ3n) is 3.00. The summed E-state index contributed by atoms with van der Waals surface area (Å²) in [5.41, 5.74) is 2.19. The van der Waals surface area contributed by atoms with Gasteiger partial charge in [-0.05, 0) is 17.0 Å². The molecule has 1 unspecified atom stereocenters. The van der Waals surface area contributed by atoms with Crippen molar-refractivity contribution < 1.29 is 9.90 Å². The van der Waals surface area contributed by atoms with E-state index in [1.807, 2.05) is 12.1 Å². The number of benzene rings is 1. The lowest BCUT2D eigenvalue weighted by molar-refractivity contribution is -0.118. The average Bonchev–Trinajstić information content (AvgIpc) is 2.37. The summed E-state index contributed by atoms with van der Waals surface area (Å²) in [6, 6.07) is 8.05. The molecule has 1 atom stereocenters. The van der Waals surface area contributed by atoms with Gasteiger partial charge >= 0.3 is 0 Å². The van der Waals surface area contributed by atoms with E-state index in [1.165, 1.54) is 12.5 Å². The second kappa shape index (κ2) is 7.92. The SMILES string of the molecule is CC(=O)NCCNCC(O)c1ccc(C(C)C)cc1. The topological polar surface area (TPSA) is 61.4 Å². The van der Waals surface area contributed by atoms with Crippen LogP contribution in [0.3, 0.4) is 0 Å². The van der Waals surface area contributed by atoms with Crippen molar-refractivity contribution in [1.82, 2.24) is 10.6 Å². The van der Waals surface area contributed by atoms with Crippen LogP contribution in [0.25, 0.3) is 0 Å². The second-order valence-corrected chi connectivity index (χ2v) is 5.02.